The third-order valence-corrected chi connectivity index (χ3v) is 5.45. The van der Waals surface area contributed by atoms with Gasteiger partial charge in [-0.2, -0.15) is 0 Å². The quantitative estimate of drug-likeness (QED) is 0.306. The van der Waals surface area contributed by atoms with Crippen LogP contribution in [0.5, 0.6) is 0 Å². The molecule has 1 unspecified atom stereocenters. The molecule has 1 nitrogen and oxygen atoms in total. The highest BCUT2D eigenvalue weighted by molar-refractivity contribution is 5.85. The van der Waals surface area contributed by atoms with E-state index in [-0.39, 0.29) is 17.9 Å². The Bertz CT molecular complexity index is 410. The van der Waals surface area contributed by atoms with Gasteiger partial charge >= 0.3 is 0 Å². The van der Waals surface area contributed by atoms with Crippen LogP contribution in [0.25, 0.3) is 0 Å². The molecule has 0 aliphatic rings. The Kier molecular flexibility index (Phi) is 15.2. The van der Waals surface area contributed by atoms with Crippen LogP contribution in [-0.4, -0.2) is 5.54 Å². The second-order valence-electron chi connectivity index (χ2n) is 8.46. The van der Waals surface area contributed by atoms with Crippen molar-refractivity contribution >= 4 is 12.4 Å². The second kappa shape index (κ2) is 15.5. The summed E-state index contributed by atoms with van der Waals surface area (Å²) < 4.78 is 0. The van der Waals surface area contributed by atoms with Crippen molar-refractivity contribution in [2.45, 2.75) is 116 Å². The van der Waals surface area contributed by atoms with Gasteiger partial charge < -0.3 is 5.73 Å². The van der Waals surface area contributed by atoms with Crippen LogP contribution in [0.4, 0.5) is 0 Å². The molecule has 0 radical (unpaired) electrons. The molecule has 26 heavy (non-hydrogen) atoms. The molecule has 0 amide bonds. The number of unbranched alkanes of at least 4 members (excludes halogenated alkanes) is 11. The van der Waals surface area contributed by atoms with Gasteiger partial charge in [-0.3, -0.25) is 0 Å². The largest absolute Gasteiger partial charge is 0.325 e. The SMILES string of the molecule is CCCCCCCCCCCCCCC(c1ccccc1)C(C)(C)N.Cl. The number of hydrogen-bond donors (Lipinski definition) is 1. The minimum atomic E-state index is -0.140. The summed E-state index contributed by atoms with van der Waals surface area (Å²) in [6, 6.07) is 10.8. The molecule has 0 aliphatic heterocycles. The van der Waals surface area contributed by atoms with E-state index in [1.54, 1.807) is 0 Å². The highest BCUT2D eigenvalue weighted by atomic mass is 35.5. The number of benzene rings is 1. The van der Waals surface area contributed by atoms with Crippen LogP contribution in [0.3, 0.4) is 0 Å². The molecular weight excluding hydrogens is 338 g/mol. The summed E-state index contributed by atoms with van der Waals surface area (Å²) in [6.07, 6.45) is 18.1. The third-order valence-electron chi connectivity index (χ3n) is 5.45. The number of hydrogen-bond acceptors (Lipinski definition) is 1. The van der Waals surface area contributed by atoms with E-state index in [1.165, 1.54) is 89.0 Å². The predicted molar refractivity (Wildman–Crippen MR) is 120 cm³/mol. The maximum atomic E-state index is 6.45. The van der Waals surface area contributed by atoms with Crippen molar-refractivity contribution in [3.05, 3.63) is 35.9 Å². The van der Waals surface area contributed by atoms with Crippen molar-refractivity contribution < 1.29 is 0 Å². The molecule has 1 rings (SSSR count). The fourth-order valence-corrected chi connectivity index (χ4v) is 3.84. The molecule has 1 aromatic rings. The molecule has 1 atom stereocenters. The molecule has 0 spiro atoms. The van der Waals surface area contributed by atoms with Crippen LogP contribution in [0.2, 0.25) is 0 Å². The first-order valence-electron chi connectivity index (χ1n) is 10.9. The van der Waals surface area contributed by atoms with Gasteiger partial charge in [0, 0.05) is 11.5 Å². The van der Waals surface area contributed by atoms with Crippen LogP contribution in [-0.2, 0) is 0 Å². The van der Waals surface area contributed by atoms with Gasteiger partial charge in [0.2, 0.25) is 0 Å². The van der Waals surface area contributed by atoms with Gasteiger partial charge in [0.05, 0.1) is 0 Å². The fourth-order valence-electron chi connectivity index (χ4n) is 3.84. The van der Waals surface area contributed by atoms with Gasteiger partial charge in [-0.15, -0.1) is 12.4 Å². The van der Waals surface area contributed by atoms with E-state index in [4.69, 9.17) is 5.73 Å². The minimum absolute atomic E-state index is 0. The maximum Gasteiger partial charge on any atom is 0.0166 e. The van der Waals surface area contributed by atoms with Crippen LogP contribution >= 0.6 is 12.4 Å². The van der Waals surface area contributed by atoms with Crippen molar-refractivity contribution in [1.29, 1.82) is 0 Å². The van der Waals surface area contributed by atoms with Crippen LogP contribution in [0, 0.1) is 0 Å². The van der Waals surface area contributed by atoms with E-state index < -0.39 is 0 Å². The van der Waals surface area contributed by atoms with Gasteiger partial charge in [-0.25, -0.2) is 0 Å². The maximum absolute atomic E-state index is 6.45. The molecule has 0 fully saturated rings. The molecule has 0 saturated carbocycles. The smallest absolute Gasteiger partial charge is 0.0166 e. The summed E-state index contributed by atoms with van der Waals surface area (Å²) in [4.78, 5) is 0. The van der Waals surface area contributed by atoms with Gasteiger partial charge in [0.15, 0.2) is 0 Å². The van der Waals surface area contributed by atoms with Crippen molar-refractivity contribution in [2.75, 3.05) is 0 Å². The van der Waals surface area contributed by atoms with E-state index in [0.717, 1.165) is 0 Å². The van der Waals surface area contributed by atoms with E-state index in [2.05, 4.69) is 51.1 Å². The van der Waals surface area contributed by atoms with E-state index in [9.17, 15) is 0 Å². The van der Waals surface area contributed by atoms with Crippen LogP contribution < -0.4 is 5.73 Å². The van der Waals surface area contributed by atoms with Crippen molar-refractivity contribution in [1.82, 2.24) is 0 Å². The van der Waals surface area contributed by atoms with Crippen LogP contribution in [0.1, 0.15) is 116 Å². The molecule has 0 bridgehead atoms. The molecule has 2 heteroatoms. The second-order valence-corrected chi connectivity index (χ2v) is 8.46. The Morgan fingerprint density at radius 3 is 1.58 bits per heavy atom. The average Bonchev–Trinajstić information content (AvgIpc) is 2.58. The molecule has 2 N–H and O–H groups in total. The predicted octanol–water partition coefficient (Wildman–Crippen LogP) is 8.02. The normalized spacial score (nSPS) is 12.6. The van der Waals surface area contributed by atoms with Gasteiger partial charge in [0.25, 0.3) is 0 Å². The van der Waals surface area contributed by atoms with Crippen LogP contribution in [0.15, 0.2) is 30.3 Å². The first-order valence-corrected chi connectivity index (χ1v) is 10.9. The minimum Gasteiger partial charge on any atom is -0.325 e. The molecule has 0 aliphatic carbocycles. The number of halogens is 1. The summed E-state index contributed by atoms with van der Waals surface area (Å²) in [6.45, 7) is 6.63. The summed E-state index contributed by atoms with van der Waals surface area (Å²) in [5.74, 6) is 0.469. The Labute approximate surface area is 169 Å². The van der Waals surface area contributed by atoms with Gasteiger partial charge in [-0.1, -0.05) is 114 Å². The van der Waals surface area contributed by atoms with E-state index >= 15 is 0 Å². The highest BCUT2D eigenvalue weighted by Gasteiger charge is 2.25. The van der Waals surface area contributed by atoms with E-state index in [0.29, 0.717) is 5.92 Å². The monoisotopic (exact) mass is 381 g/mol. The molecule has 1 aromatic carbocycles. The van der Waals surface area contributed by atoms with Crippen molar-refractivity contribution in [3.8, 4) is 0 Å². The standard InChI is InChI=1S/C24H43N.ClH/c1-4-5-6-7-8-9-10-11-12-13-14-18-21-23(24(2,3)25)22-19-16-15-17-20-22;/h15-17,19-20,23H,4-14,18,21,25H2,1-3H3;1H. The van der Waals surface area contributed by atoms with Gasteiger partial charge in [0.1, 0.15) is 0 Å². The number of nitrogens with two attached hydrogens (primary N) is 1. The zero-order valence-electron chi connectivity index (χ0n) is 17.6. The lowest BCUT2D eigenvalue weighted by Gasteiger charge is -2.31. The summed E-state index contributed by atoms with van der Waals surface area (Å²) in [5, 5.41) is 0. The molecular formula is C24H44ClN. The zero-order valence-corrected chi connectivity index (χ0v) is 18.5. The lowest BCUT2D eigenvalue weighted by atomic mass is 9.79. The molecule has 0 saturated heterocycles. The lowest BCUT2D eigenvalue weighted by molar-refractivity contribution is 0.376. The molecule has 0 aromatic heterocycles. The Hall–Kier alpha value is -0.530. The zero-order chi connectivity index (χ0) is 18.4. The van der Waals surface area contributed by atoms with Crippen molar-refractivity contribution in [3.63, 3.8) is 0 Å². The summed E-state index contributed by atoms with van der Waals surface area (Å²) >= 11 is 0. The Morgan fingerprint density at radius 2 is 1.15 bits per heavy atom. The average molecular weight is 382 g/mol. The molecule has 152 valence electrons. The first-order chi connectivity index (χ1) is 12.1. The Morgan fingerprint density at radius 1 is 0.731 bits per heavy atom. The first kappa shape index (κ1) is 25.5. The van der Waals surface area contributed by atoms with E-state index in [1.807, 2.05) is 0 Å². The number of rotatable bonds is 15. The summed E-state index contributed by atoms with van der Waals surface area (Å²) in [5.41, 5.74) is 7.71. The lowest BCUT2D eigenvalue weighted by Crippen LogP contribution is -2.39. The fraction of sp³-hybridized carbons (Fsp3) is 0.750. The molecule has 0 heterocycles. The summed E-state index contributed by atoms with van der Waals surface area (Å²) in [7, 11) is 0. The Balaban J connectivity index is 0.00000625. The third kappa shape index (κ3) is 12.0. The highest BCUT2D eigenvalue weighted by Crippen LogP contribution is 2.31. The topological polar surface area (TPSA) is 26.0 Å². The van der Waals surface area contributed by atoms with Gasteiger partial charge in [-0.05, 0) is 25.8 Å². The van der Waals surface area contributed by atoms with Crippen molar-refractivity contribution in [2.24, 2.45) is 5.73 Å².